The van der Waals surface area contributed by atoms with Crippen LogP contribution in [0.25, 0.3) is 11.3 Å². The predicted octanol–water partition coefficient (Wildman–Crippen LogP) is 4.12. The van der Waals surface area contributed by atoms with Crippen LogP contribution in [0.15, 0.2) is 72.9 Å². The van der Waals surface area contributed by atoms with Gasteiger partial charge in [-0.3, -0.25) is 9.78 Å². The number of ketones is 1. The van der Waals surface area contributed by atoms with Gasteiger partial charge in [-0.2, -0.15) is 0 Å². The minimum Gasteiger partial charge on any atom is -0.289 e. The second-order valence-electron chi connectivity index (χ2n) is 4.60. The summed E-state index contributed by atoms with van der Waals surface area (Å²) in [7, 11) is 0. The van der Waals surface area contributed by atoms with E-state index >= 15 is 0 Å². The van der Waals surface area contributed by atoms with E-state index in [1.54, 1.807) is 24.4 Å². The molecule has 0 aliphatic heterocycles. The van der Waals surface area contributed by atoms with Gasteiger partial charge in [0.15, 0.2) is 5.78 Å². The van der Waals surface area contributed by atoms with E-state index in [0.29, 0.717) is 11.1 Å². The fourth-order valence-corrected chi connectivity index (χ4v) is 2.21. The molecule has 1 aromatic heterocycles. The Kier molecular flexibility index (Phi) is 3.56. The highest BCUT2D eigenvalue weighted by Crippen LogP contribution is 2.24. The van der Waals surface area contributed by atoms with Crippen molar-refractivity contribution in [1.82, 2.24) is 4.98 Å². The minimum atomic E-state index is -0.420. The Morgan fingerprint density at radius 1 is 0.905 bits per heavy atom. The van der Waals surface area contributed by atoms with Crippen LogP contribution in [-0.2, 0) is 0 Å². The molecule has 0 amide bonds. The molecule has 3 heteroatoms. The van der Waals surface area contributed by atoms with Gasteiger partial charge in [0.05, 0.1) is 5.69 Å². The van der Waals surface area contributed by atoms with Gasteiger partial charge in [0.2, 0.25) is 0 Å². The number of carbonyl (C=O) groups excluding carboxylic acids is 1. The molecule has 102 valence electrons. The van der Waals surface area contributed by atoms with Crippen molar-refractivity contribution in [2.75, 3.05) is 0 Å². The Bertz CT molecular complexity index is 784. The first kappa shape index (κ1) is 13.2. The molecule has 0 spiro atoms. The smallest absolute Gasteiger partial charge is 0.193 e. The average molecular weight is 277 g/mol. The lowest BCUT2D eigenvalue weighted by Crippen LogP contribution is -2.04. The lowest BCUT2D eigenvalue weighted by molar-refractivity contribution is 0.103. The zero-order valence-corrected chi connectivity index (χ0v) is 11.2. The van der Waals surface area contributed by atoms with Crippen molar-refractivity contribution in [3.8, 4) is 11.3 Å². The second-order valence-corrected chi connectivity index (χ2v) is 4.60. The van der Waals surface area contributed by atoms with Gasteiger partial charge in [0.25, 0.3) is 0 Å². The maximum atomic E-state index is 13.3. The van der Waals surface area contributed by atoms with E-state index < -0.39 is 5.82 Å². The Hall–Kier alpha value is -2.81. The molecule has 0 saturated heterocycles. The number of carbonyl (C=O) groups is 1. The molecule has 0 bridgehead atoms. The van der Waals surface area contributed by atoms with E-state index in [4.69, 9.17) is 0 Å². The normalized spacial score (nSPS) is 10.3. The largest absolute Gasteiger partial charge is 0.289 e. The molecule has 1 heterocycles. The van der Waals surface area contributed by atoms with E-state index in [2.05, 4.69) is 4.98 Å². The summed E-state index contributed by atoms with van der Waals surface area (Å²) in [5.74, 6) is -0.632. The predicted molar refractivity (Wildman–Crippen MR) is 79.5 cm³/mol. The molecule has 2 aromatic carbocycles. The van der Waals surface area contributed by atoms with Gasteiger partial charge in [-0.25, -0.2) is 4.39 Å². The molecule has 0 N–H and O–H groups in total. The van der Waals surface area contributed by atoms with Crippen LogP contribution in [0.3, 0.4) is 0 Å². The van der Waals surface area contributed by atoms with Gasteiger partial charge >= 0.3 is 0 Å². The SMILES string of the molecule is O=C(c1cccc(F)c1)c1ccccc1-c1ccccn1. The maximum absolute atomic E-state index is 13.3. The summed E-state index contributed by atoms with van der Waals surface area (Å²) in [6.07, 6.45) is 1.68. The molecule has 0 saturated carbocycles. The molecule has 21 heavy (non-hydrogen) atoms. The fraction of sp³-hybridized carbons (Fsp3) is 0. The van der Waals surface area contributed by atoms with Crippen LogP contribution in [0.4, 0.5) is 4.39 Å². The number of hydrogen-bond acceptors (Lipinski definition) is 2. The highest BCUT2D eigenvalue weighted by atomic mass is 19.1. The second kappa shape index (κ2) is 5.67. The van der Waals surface area contributed by atoms with E-state index in [-0.39, 0.29) is 5.78 Å². The van der Waals surface area contributed by atoms with Gasteiger partial charge in [-0.1, -0.05) is 42.5 Å². The molecule has 3 rings (SSSR count). The number of nitrogens with zero attached hydrogens (tertiary/aromatic N) is 1. The first-order valence-electron chi connectivity index (χ1n) is 6.56. The summed E-state index contributed by atoms with van der Waals surface area (Å²) in [5, 5.41) is 0. The quantitative estimate of drug-likeness (QED) is 0.674. The van der Waals surface area contributed by atoms with Gasteiger partial charge in [0, 0.05) is 22.9 Å². The van der Waals surface area contributed by atoms with Gasteiger partial charge < -0.3 is 0 Å². The minimum absolute atomic E-state index is 0.212. The standard InChI is InChI=1S/C18H12FNO/c19-14-7-5-6-13(12-14)18(21)16-9-2-1-8-15(16)17-10-3-4-11-20-17/h1-12H. The number of pyridine rings is 1. The third kappa shape index (κ3) is 2.72. The molecular weight excluding hydrogens is 265 g/mol. The van der Waals surface area contributed by atoms with Gasteiger partial charge in [-0.15, -0.1) is 0 Å². The topological polar surface area (TPSA) is 30.0 Å². The lowest BCUT2D eigenvalue weighted by Gasteiger charge is -2.08. The third-order valence-corrected chi connectivity index (χ3v) is 3.20. The van der Waals surface area contributed by atoms with Crippen molar-refractivity contribution in [3.63, 3.8) is 0 Å². The summed E-state index contributed by atoms with van der Waals surface area (Å²) in [6, 6.07) is 18.5. The van der Waals surface area contributed by atoms with Crippen LogP contribution in [0, 0.1) is 5.82 Å². The van der Waals surface area contributed by atoms with Crippen LogP contribution < -0.4 is 0 Å². The molecular formula is C18H12FNO. The summed E-state index contributed by atoms with van der Waals surface area (Å²) in [5.41, 5.74) is 2.31. The zero-order valence-electron chi connectivity index (χ0n) is 11.2. The Labute approximate surface area is 121 Å². The number of rotatable bonds is 3. The molecule has 0 radical (unpaired) electrons. The Balaban J connectivity index is 2.09. The van der Waals surface area contributed by atoms with E-state index in [1.165, 1.54) is 18.2 Å². The summed E-state index contributed by atoms with van der Waals surface area (Å²) >= 11 is 0. The van der Waals surface area contributed by atoms with Crippen LogP contribution >= 0.6 is 0 Å². The van der Waals surface area contributed by atoms with Crippen molar-refractivity contribution in [2.45, 2.75) is 0 Å². The van der Waals surface area contributed by atoms with Crippen LogP contribution in [0.1, 0.15) is 15.9 Å². The molecule has 0 aliphatic carbocycles. The summed E-state index contributed by atoms with van der Waals surface area (Å²) in [6.45, 7) is 0. The molecule has 0 unspecified atom stereocenters. The Morgan fingerprint density at radius 3 is 2.48 bits per heavy atom. The highest BCUT2D eigenvalue weighted by molar-refractivity contribution is 6.12. The van der Waals surface area contributed by atoms with Gasteiger partial charge in [0.1, 0.15) is 5.82 Å². The van der Waals surface area contributed by atoms with Crippen molar-refractivity contribution in [3.05, 3.63) is 89.9 Å². The number of benzene rings is 2. The number of halogens is 1. The third-order valence-electron chi connectivity index (χ3n) is 3.20. The van der Waals surface area contributed by atoms with E-state index in [1.807, 2.05) is 30.3 Å². The fourth-order valence-electron chi connectivity index (χ4n) is 2.21. The van der Waals surface area contributed by atoms with Crippen molar-refractivity contribution in [2.24, 2.45) is 0 Å². The zero-order chi connectivity index (χ0) is 14.7. The van der Waals surface area contributed by atoms with Crippen LogP contribution in [-0.4, -0.2) is 10.8 Å². The average Bonchev–Trinajstić information content (AvgIpc) is 2.55. The van der Waals surface area contributed by atoms with E-state index in [0.717, 1.165) is 11.3 Å². The number of aromatic nitrogens is 1. The molecule has 0 fully saturated rings. The van der Waals surface area contributed by atoms with Crippen LogP contribution in [0.5, 0.6) is 0 Å². The lowest BCUT2D eigenvalue weighted by atomic mass is 9.96. The summed E-state index contributed by atoms with van der Waals surface area (Å²) in [4.78, 5) is 16.9. The molecule has 2 nitrogen and oxygen atoms in total. The van der Waals surface area contributed by atoms with E-state index in [9.17, 15) is 9.18 Å². The van der Waals surface area contributed by atoms with Crippen molar-refractivity contribution < 1.29 is 9.18 Å². The van der Waals surface area contributed by atoms with Crippen LogP contribution in [0.2, 0.25) is 0 Å². The van der Waals surface area contributed by atoms with Gasteiger partial charge in [-0.05, 0) is 24.3 Å². The molecule has 0 atom stereocenters. The van der Waals surface area contributed by atoms with Crippen molar-refractivity contribution in [1.29, 1.82) is 0 Å². The maximum Gasteiger partial charge on any atom is 0.193 e. The molecule has 3 aromatic rings. The Morgan fingerprint density at radius 2 is 1.71 bits per heavy atom. The highest BCUT2D eigenvalue weighted by Gasteiger charge is 2.15. The molecule has 0 aliphatic rings. The summed E-state index contributed by atoms with van der Waals surface area (Å²) < 4.78 is 13.3. The first-order valence-corrected chi connectivity index (χ1v) is 6.56. The van der Waals surface area contributed by atoms with Crippen molar-refractivity contribution >= 4 is 5.78 Å². The number of hydrogen-bond donors (Lipinski definition) is 0. The monoisotopic (exact) mass is 277 g/mol. The first-order chi connectivity index (χ1) is 10.3.